The van der Waals surface area contributed by atoms with Crippen molar-refractivity contribution in [2.24, 2.45) is 5.16 Å². The Labute approximate surface area is 130 Å². The van der Waals surface area contributed by atoms with Crippen LogP contribution in [0.5, 0.6) is 0 Å². The van der Waals surface area contributed by atoms with Crippen LogP contribution >= 0.6 is 23.2 Å². The normalized spacial score (nSPS) is 10.8. The number of nitro groups is 1. The largest absolute Gasteiger partial charge is 0.391 e. The zero-order valence-electron chi connectivity index (χ0n) is 10.7. The molecular formula is C14H10Cl2N2O3. The standard InChI is InChI=1S/C14H10Cl2N2O3/c15-13-5-2-6-14(16)12(13)9-21-17-8-10-3-1-4-11(7-10)18(19)20/h1-8H,9H2/b17-8-. The van der Waals surface area contributed by atoms with E-state index in [4.69, 9.17) is 28.0 Å². The lowest BCUT2D eigenvalue weighted by atomic mass is 10.2. The van der Waals surface area contributed by atoms with Crippen LogP contribution in [0.3, 0.4) is 0 Å². The molecule has 0 aliphatic carbocycles. The fourth-order valence-corrected chi connectivity index (χ4v) is 2.10. The van der Waals surface area contributed by atoms with E-state index in [1.54, 1.807) is 30.3 Å². The van der Waals surface area contributed by atoms with E-state index in [0.717, 1.165) is 0 Å². The lowest BCUT2D eigenvalue weighted by molar-refractivity contribution is -0.384. The van der Waals surface area contributed by atoms with Gasteiger partial charge >= 0.3 is 0 Å². The van der Waals surface area contributed by atoms with E-state index in [-0.39, 0.29) is 12.3 Å². The van der Waals surface area contributed by atoms with Gasteiger partial charge in [-0.25, -0.2) is 0 Å². The van der Waals surface area contributed by atoms with Gasteiger partial charge < -0.3 is 4.84 Å². The fraction of sp³-hybridized carbons (Fsp3) is 0.0714. The SMILES string of the molecule is O=[N+]([O-])c1cccc(/C=N\OCc2c(Cl)cccc2Cl)c1. The molecule has 0 aliphatic heterocycles. The van der Waals surface area contributed by atoms with Crippen molar-refractivity contribution in [3.05, 3.63) is 73.8 Å². The predicted molar refractivity (Wildman–Crippen MR) is 81.9 cm³/mol. The molecular weight excluding hydrogens is 315 g/mol. The number of benzene rings is 2. The van der Waals surface area contributed by atoms with Crippen LogP contribution in [-0.2, 0) is 11.4 Å². The molecule has 0 atom stereocenters. The van der Waals surface area contributed by atoms with Crippen LogP contribution in [0.2, 0.25) is 10.0 Å². The quantitative estimate of drug-likeness (QED) is 0.463. The second kappa shape index (κ2) is 7.06. The first kappa shape index (κ1) is 15.3. The van der Waals surface area contributed by atoms with E-state index in [1.165, 1.54) is 18.3 Å². The second-order valence-electron chi connectivity index (χ2n) is 4.06. The molecule has 108 valence electrons. The minimum atomic E-state index is -0.471. The molecule has 0 radical (unpaired) electrons. The summed E-state index contributed by atoms with van der Waals surface area (Å²) in [6.07, 6.45) is 1.39. The maximum atomic E-state index is 10.6. The Balaban J connectivity index is 2.00. The predicted octanol–water partition coefficient (Wildman–Crippen LogP) is 4.45. The number of nitrogens with zero attached hydrogens (tertiary/aromatic N) is 2. The molecule has 5 nitrogen and oxygen atoms in total. The van der Waals surface area contributed by atoms with Crippen LogP contribution in [0.25, 0.3) is 0 Å². The maximum Gasteiger partial charge on any atom is 0.270 e. The molecule has 0 amide bonds. The number of hydrogen-bond donors (Lipinski definition) is 0. The van der Waals surface area contributed by atoms with Crippen molar-refractivity contribution >= 4 is 35.1 Å². The Morgan fingerprint density at radius 1 is 1.19 bits per heavy atom. The number of rotatable bonds is 5. The Morgan fingerprint density at radius 3 is 2.52 bits per heavy atom. The molecule has 0 N–H and O–H groups in total. The molecule has 0 saturated carbocycles. The first-order valence-electron chi connectivity index (χ1n) is 5.90. The highest BCUT2D eigenvalue weighted by atomic mass is 35.5. The van der Waals surface area contributed by atoms with Crippen LogP contribution in [0.15, 0.2) is 47.6 Å². The van der Waals surface area contributed by atoms with Gasteiger partial charge in [0.25, 0.3) is 5.69 Å². The number of non-ortho nitro benzene ring substituents is 1. The Hall–Kier alpha value is -2.11. The molecule has 0 bridgehead atoms. The lowest BCUT2D eigenvalue weighted by Crippen LogP contribution is -1.92. The highest BCUT2D eigenvalue weighted by molar-refractivity contribution is 6.35. The van der Waals surface area contributed by atoms with Gasteiger partial charge in [0.15, 0.2) is 0 Å². The first-order chi connectivity index (χ1) is 10.1. The molecule has 0 unspecified atom stereocenters. The zero-order chi connectivity index (χ0) is 15.2. The van der Waals surface area contributed by atoms with Crippen molar-refractivity contribution in [3.8, 4) is 0 Å². The summed E-state index contributed by atoms with van der Waals surface area (Å²) in [6, 6.07) is 11.2. The third-order valence-electron chi connectivity index (χ3n) is 2.63. The molecule has 0 spiro atoms. The minimum Gasteiger partial charge on any atom is -0.391 e. The van der Waals surface area contributed by atoms with Gasteiger partial charge in [0.1, 0.15) is 6.61 Å². The zero-order valence-corrected chi connectivity index (χ0v) is 12.2. The van der Waals surface area contributed by atoms with Crippen molar-refractivity contribution in [2.45, 2.75) is 6.61 Å². The van der Waals surface area contributed by atoms with Gasteiger partial charge in [0.2, 0.25) is 0 Å². The molecule has 2 aromatic rings. The number of nitro benzene ring substituents is 1. The fourth-order valence-electron chi connectivity index (χ4n) is 1.59. The number of halogens is 2. The van der Waals surface area contributed by atoms with Crippen LogP contribution < -0.4 is 0 Å². The Kier molecular flexibility index (Phi) is 5.14. The summed E-state index contributed by atoms with van der Waals surface area (Å²) in [7, 11) is 0. The van der Waals surface area contributed by atoms with Crippen molar-refractivity contribution < 1.29 is 9.76 Å². The lowest BCUT2D eigenvalue weighted by Gasteiger charge is -2.04. The summed E-state index contributed by atoms with van der Waals surface area (Å²) in [5.74, 6) is 0. The van der Waals surface area contributed by atoms with Crippen molar-refractivity contribution in [1.29, 1.82) is 0 Å². The molecule has 0 aliphatic rings. The molecule has 0 heterocycles. The van der Waals surface area contributed by atoms with Crippen molar-refractivity contribution in [2.75, 3.05) is 0 Å². The monoisotopic (exact) mass is 324 g/mol. The maximum absolute atomic E-state index is 10.6. The first-order valence-corrected chi connectivity index (χ1v) is 6.66. The van der Waals surface area contributed by atoms with E-state index in [1.807, 2.05) is 0 Å². The van der Waals surface area contributed by atoms with Gasteiger partial charge in [-0.2, -0.15) is 0 Å². The Morgan fingerprint density at radius 2 is 1.86 bits per heavy atom. The third-order valence-corrected chi connectivity index (χ3v) is 3.34. The smallest absolute Gasteiger partial charge is 0.270 e. The van der Waals surface area contributed by atoms with Gasteiger partial charge in [-0.3, -0.25) is 10.1 Å². The summed E-state index contributed by atoms with van der Waals surface area (Å²) >= 11 is 12.0. The van der Waals surface area contributed by atoms with E-state index in [9.17, 15) is 10.1 Å². The Bertz CT molecular complexity index is 669. The van der Waals surface area contributed by atoms with Gasteiger partial charge in [-0.15, -0.1) is 0 Å². The van der Waals surface area contributed by atoms with Crippen LogP contribution in [0.1, 0.15) is 11.1 Å². The second-order valence-corrected chi connectivity index (χ2v) is 4.87. The van der Waals surface area contributed by atoms with Gasteiger partial charge in [0, 0.05) is 33.3 Å². The van der Waals surface area contributed by atoms with Crippen LogP contribution in [0, 0.1) is 10.1 Å². The van der Waals surface area contributed by atoms with Crippen molar-refractivity contribution in [1.82, 2.24) is 0 Å². The van der Waals surface area contributed by atoms with Gasteiger partial charge in [-0.1, -0.05) is 46.6 Å². The summed E-state index contributed by atoms with van der Waals surface area (Å²) < 4.78 is 0. The van der Waals surface area contributed by atoms with E-state index < -0.39 is 4.92 Å². The topological polar surface area (TPSA) is 64.7 Å². The van der Waals surface area contributed by atoms with Crippen LogP contribution in [-0.4, -0.2) is 11.1 Å². The molecule has 0 saturated heterocycles. The summed E-state index contributed by atoms with van der Waals surface area (Å²) in [4.78, 5) is 15.3. The summed E-state index contributed by atoms with van der Waals surface area (Å²) in [5, 5.41) is 15.4. The molecule has 2 aromatic carbocycles. The van der Waals surface area contributed by atoms with E-state index in [0.29, 0.717) is 21.2 Å². The molecule has 0 fully saturated rings. The number of hydrogen-bond acceptors (Lipinski definition) is 4. The van der Waals surface area contributed by atoms with Gasteiger partial charge in [-0.05, 0) is 12.1 Å². The van der Waals surface area contributed by atoms with E-state index >= 15 is 0 Å². The molecule has 7 heteroatoms. The summed E-state index contributed by atoms with van der Waals surface area (Å²) in [6.45, 7) is 0.115. The average Bonchev–Trinajstić information content (AvgIpc) is 2.46. The van der Waals surface area contributed by atoms with Gasteiger partial charge in [0.05, 0.1) is 11.1 Å². The molecule has 2 rings (SSSR count). The third kappa shape index (κ3) is 4.18. The van der Waals surface area contributed by atoms with Crippen molar-refractivity contribution in [3.63, 3.8) is 0 Å². The van der Waals surface area contributed by atoms with Crippen LogP contribution in [0.4, 0.5) is 5.69 Å². The molecule has 21 heavy (non-hydrogen) atoms. The number of oxime groups is 1. The minimum absolute atomic E-state index is 0.00639. The highest BCUT2D eigenvalue weighted by Gasteiger charge is 2.06. The highest BCUT2D eigenvalue weighted by Crippen LogP contribution is 2.24. The summed E-state index contributed by atoms with van der Waals surface area (Å²) in [5.41, 5.74) is 1.19. The average molecular weight is 325 g/mol. The molecule has 0 aromatic heterocycles. The van der Waals surface area contributed by atoms with E-state index in [2.05, 4.69) is 5.16 Å².